The molecule has 23 heavy (non-hydrogen) atoms. The van der Waals surface area contributed by atoms with Crippen molar-refractivity contribution < 1.29 is 18.0 Å². The number of hydrazone groups is 1. The predicted molar refractivity (Wildman–Crippen MR) is 83.9 cm³/mol. The zero-order valence-corrected chi connectivity index (χ0v) is 12.9. The number of hydrogen-bond donors (Lipinski definition) is 0. The van der Waals surface area contributed by atoms with Crippen LogP contribution in [0.25, 0.3) is 6.08 Å². The van der Waals surface area contributed by atoms with Crippen molar-refractivity contribution in [2.75, 3.05) is 14.1 Å². The lowest BCUT2D eigenvalue weighted by molar-refractivity contribution is -0.137. The van der Waals surface area contributed by atoms with E-state index in [4.69, 9.17) is 0 Å². The Morgan fingerprint density at radius 2 is 1.70 bits per heavy atom. The van der Waals surface area contributed by atoms with E-state index in [1.807, 2.05) is 0 Å². The number of benzene rings is 1. The molecule has 0 spiro atoms. The topological polar surface area (TPSA) is 32.7 Å². The van der Waals surface area contributed by atoms with Gasteiger partial charge in [0.05, 0.1) is 5.56 Å². The first-order valence-electron chi connectivity index (χ1n) is 7.10. The van der Waals surface area contributed by atoms with E-state index in [0.29, 0.717) is 29.6 Å². The zero-order chi connectivity index (χ0) is 17.0. The summed E-state index contributed by atoms with van der Waals surface area (Å²) in [6.45, 7) is 0. The van der Waals surface area contributed by atoms with Gasteiger partial charge in [-0.1, -0.05) is 12.1 Å². The summed E-state index contributed by atoms with van der Waals surface area (Å²) in [6.07, 6.45) is 1.74. The fourth-order valence-electron chi connectivity index (χ4n) is 2.23. The van der Waals surface area contributed by atoms with Crippen LogP contribution in [0, 0.1) is 0 Å². The number of Topliss-reactive ketones (excluding diaryl/α,β-unsaturated/α-hetero) is 1. The van der Waals surface area contributed by atoms with E-state index in [1.54, 1.807) is 37.5 Å². The second-order valence-corrected chi connectivity index (χ2v) is 5.42. The Kier molecular flexibility index (Phi) is 5.03. The maximum absolute atomic E-state index is 12.5. The average Bonchev–Trinajstić information content (AvgIpc) is 2.80. The van der Waals surface area contributed by atoms with Crippen LogP contribution in [0.3, 0.4) is 0 Å². The van der Waals surface area contributed by atoms with Crippen molar-refractivity contribution in [1.82, 2.24) is 5.01 Å². The van der Waals surface area contributed by atoms with Gasteiger partial charge in [-0.25, -0.2) is 0 Å². The molecule has 0 amide bonds. The second kappa shape index (κ2) is 6.81. The summed E-state index contributed by atoms with van der Waals surface area (Å²) >= 11 is 0. The minimum absolute atomic E-state index is 0.0740. The number of carbonyl (C=O) groups excluding carboxylic acids is 1. The van der Waals surface area contributed by atoms with Gasteiger partial charge in [-0.3, -0.25) is 4.79 Å². The number of allylic oxidation sites excluding steroid dienone is 3. The molecule has 1 aliphatic rings. The van der Waals surface area contributed by atoms with Crippen LogP contribution >= 0.6 is 0 Å². The minimum Gasteiger partial charge on any atom is -0.303 e. The summed E-state index contributed by atoms with van der Waals surface area (Å²) in [5.74, 6) is -0.0740. The van der Waals surface area contributed by atoms with Crippen LogP contribution in [0.5, 0.6) is 0 Å². The maximum atomic E-state index is 12.5. The molecular formula is C17H17F3N2O. The van der Waals surface area contributed by atoms with Gasteiger partial charge < -0.3 is 5.01 Å². The van der Waals surface area contributed by atoms with Gasteiger partial charge in [0.15, 0.2) is 5.78 Å². The number of nitrogens with zero attached hydrogens (tertiary/aromatic N) is 2. The first-order valence-corrected chi connectivity index (χ1v) is 7.10. The fourth-order valence-corrected chi connectivity index (χ4v) is 2.23. The van der Waals surface area contributed by atoms with Crippen LogP contribution in [0.15, 0.2) is 46.6 Å². The smallest absolute Gasteiger partial charge is 0.303 e. The van der Waals surface area contributed by atoms with Crippen molar-refractivity contribution >= 4 is 18.1 Å². The minimum atomic E-state index is -4.35. The van der Waals surface area contributed by atoms with Gasteiger partial charge in [0, 0.05) is 31.5 Å². The molecule has 0 bridgehead atoms. The van der Waals surface area contributed by atoms with Gasteiger partial charge in [0.25, 0.3) is 0 Å². The van der Waals surface area contributed by atoms with E-state index >= 15 is 0 Å². The van der Waals surface area contributed by atoms with Crippen LogP contribution in [0.4, 0.5) is 13.2 Å². The van der Waals surface area contributed by atoms with E-state index in [-0.39, 0.29) is 5.78 Å². The molecule has 0 aliphatic heterocycles. The molecule has 0 N–H and O–H groups in total. The van der Waals surface area contributed by atoms with Crippen LogP contribution in [0.2, 0.25) is 0 Å². The average molecular weight is 322 g/mol. The van der Waals surface area contributed by atoms with Crippen molar-refractivity contribution in [3.63, 3.8) is 0 Å². The summed E-state index contributed by atoms with van der Waals surface area (Å²) < 4.78 is 37.6. The molecule has 0 unspecified atom stereocenters. The molecule has 0 radical (unpaired) electrons. The van der Waals surface area contributed by atoms with Crippen molar-refractivity contribution in [2.45, 2.75) is 19.0 Å². The van der Waals surface area contributed by atoms with Crippen molar-refractivity contribution in [3.05, 3.63) is 52.6 Å². The second-order valence-electron chi connectivity index (χ2n) is 5.42. The Labute approximate surface area is 132 Å². The molecule has 1 aromatic carbocycles. The first kappa shape index (κ1) is 17.0. The van der Waals surface area contributed by atoms with E-state index in [9.17, 15) is 18.0 Å². The first-order chi connectivity index (χ1) is 10.8. The highest BCUT2D eigenvalue weighted by atomic mass is 19.4. The Morgan fingerprint density at radius 3 is 2.26 bits per heavy atom. The van der Waals surface area contributed by atoms with Gasteiger partial charge in [0.1, 0.15) is 0 Å². The highest BCUT2D eigenvalue weighted by Gasteiger charge is 2.30. The Hall–Kier alpha value is -2.37. The van der Waals surface area contributed by atoms with Crippen molar-refractivity contribution in [2.24, 2.45) is 5.10 Å². The van der Waals surface area contributed by atoms with E-state index in [2.05, 4.69) is 5.10 Å². The number of rotatable bonds is 3. The van der Waals surface area contributed by atoms with Gasteiger partial charge >= 0.3 is 6.18 Å². The third kappa shape index (κ3) is 4.55. The van der Waals surface area contributed by atoms with Crippen molar-refractivity contribution in [3.8, 4) is 0 Å². The molecule has 1 saturated carbocycles. The Balaban J connectivity index is 2.14. The quantitative estimate of drug-likeness (QED) is 0.480. The number of carbonyl (C=O) groups is 1. The number of halogens is 3. The molecular weight excluding hydrogens is 305 g/mol. The molecule has 1 fully saturated rings. The predicted octanol–water partition coefficient (Wildman–Crippen LogP) is 3.93. The summed E-state index contributed by atoms with van der Waals surface area (Å²) in [4.78, 5) is 12.2. The summed E-state index contributed by atoms with van der Waals surface area (Å²) in [7, 11) is 3.56. The summed E-state index contributed by atoms with van der Waals surface area (Å²) in [5.41, 5.74) is 1.16. The lowest BCUT2D eigenvalue weighted by atomic mass is 10.1. The van der Waals surface area contributed by atoms with Crippen molar-refractivity contribution in [1.29, 1.82) is 0 Å². The molecule has 0 aromatic heterocycles. The number of alkyl halides is 3. The monoisotopic (exact) mass is 322 g/mol. The summed E-state index contributed by atoms with van der Waals surface area (Å²) in [5, 5.41) is 5.64. The lowest BCUT2D eigenvalue weighted by Crippen LogP contribution is -2.04. The fraction of sp³-hybridized carbons (Fsp3) is 0.294. The van der Waals surface area contributed by atoms with Crippen LogP contribution in [0.1, 0.15) is 24.0 Å². The third-order valence-electron chi connectivity index (χ3n) is 3.40. The molecule has 0 saturated heterocycles. The molecule has 122 valence electrons. The molecule has 2 rings (SSSR count). The van der Waals surface area contributed by atoms with Gasteiger partial charge in [-0.15, -0.1) is 0 Å². The molecule has 6 heteroatoms. The van der Waals surface area contributed by atoms with Crippen LogP contribution in [-0.4, -0.2) is 31.1 Å². The highest BCUT2D eigenvalue weighted by molar-refractivity contribution is 6.14. The largest absolute Gasteiger partial charge is 0.416 e. The van der Waals surface area contributed by atoms with Gasteiger partial charge in [-0.05, 0) is 42.7 Å². The van der Waals surface area contributed by atoms with Crippen LogP contribution in [-0.2, 0) is 11.0 Å². The molecule has 1 aliphatic carbocycles. The van der Waals surface area contributed by atoms with Gasteiger partial charge in [0.2, 0.25) is 0 Å². The van der Waals surface area contributed by atoms with E-state index in [1.165, 1.54) is 12.1 Å². The van der Waals surface area contributed by atoms with E-state index in [0.717, 1.165) is 12.1 Å². The molecule has 1 aromatic rings. The normalized spacial score (nSPS) is 19.3. The highest BCUT2D eigenvalue weighted by Crippen LogP contribution is 2.31. The lowest BCUT2D eigenvalue weighted by Gasteiger charge is -2.06. The number of ketones is 1. The van der Waals surface area contributed by atoms with E-state index < -0.39 is 11.7 Å². The summed E-state index contributed by atoms with van der Waals surface area (Å²) in [6, 6.07) is 4.79. The molecule has 0 heterocycles. The molecule has 0 atom stereocenters. The Bertz CT molecular complexity index is 668. The maximum Gasteiger partial charge on any atom is 0.416 e. The standard InChI is InChI=1S/C17H17F3N2O/c1-22(2)21-10-9-13-5-6-14(16(13)23)11-12-3-7-15(8-4-12)17(18,19)20/h3-4,7-11H,5-6H2,1-2H3/b13-9-,14-11-,21-10+. The number of hydrogen-bond acceptors (Lipinski definition) is 3. The third-order valence-corrected chi connectivity index (χ3v) is 3.40. The van der Waals surface area contributed by atoms with Crippen LogP contribution < -0.4 is 0 Å². The zero-order valence-electron chi connectivity index (χ0n) is 12.9. The SMILES string of the molecule is CN(C)/N=C/C=C1/CC/C(=C/c2ccc(C(F)(F)F)cc2)C1=O. The molecule has 3 nitrogen and oxygen atoms in total. The Morgan fingerprint density at radius 1 is 1.09 bits per heavy atom. The van der Waals surface area contributed by atoms with Gasteiger partial charge in [-0.2, -0.15) is 18.3 Å².